The molecule has 122 valence electrons. The van der Waals surface area contributed by atoms with E-state index in [4.69, 9.17) is 10.00 Å². The lowest BCUT2D eigenvalue weighted by Crippen LogP contribution is -2.15. The predicted molar refractivity (Wildman–Crippen MR) is 81.1 cm³/mol. The van der Waals surface area contributed by atoms with Crippen molar-refractivity contribution in [2.45, 2.75) is 24.9 Å². The molecule has 2 aromatic rings. The number of hydrogen-bond acceptors (Lipinski definition) is 5. The van der Waals surface area contributed by atoms with E-state index in [1.165, 1.54) is 19.6 Å². The van der Waals surface area contributed by atoms with Crippen molar-refractivity contribution >= 4 is 15.7 Å². The topological polar surface area (TPSA) is 97.0 Å². The molecule has 0 radical (unpaired) electrons. The van der Waals surface area contributed by atoms with Crippen LogP contribution < -0.4 is 9.46 Å². The van der Waals surface area contributed by atoms with Gasteiger partial charge in [0.2, 0.25) is 0 Å². The molecule has 0 spiro atoms. The van der Waals surface area contributed by atoms with Gasteiger partial charge in [0.25, 0.3) is 10.0 Å². The van der Waals surface area contributed by atoms with E-state index in [1.54, 1.807) is 10.6 Å². The van der Waals surface area contributed by atoms with Crippen LogP contribution in [0.1, 0.15) is 25.5 Å². The summed E-state index contributed by atoms with van der Waals surface area (Å²) in [7, 11) is -2.75. The number of rotatable bonds is 5. The van der Waals surface area contributed by atoms with E-state index in [0.29, 0.717) is 0 Å². The first-order valence-electron chi connectivity index (χ1n) is 6.62. The number of benzene rings is 1. The molecule has 2 rings (SSSR count). The summed E-state index contributed by atoms with van der Waals surface area (Å²) in [5, 5.41) is 8.65. The Balaban J connectivity index is 2.39. The zero-order valence-corrected chi connectivity index (χ0v) is 13.6. The molecule has 0 aliphatic rings. The van der Waals surface area contributed by atoms with Gasteiger partial charge in [-0.1, -0.05) is 0 Å². The van der Waals surface area contributed by atoms with Crippen molar-refractivity contribution < 1.29 is 17.5 Å². The summed E-state index contributed by atoms with van der Waals surface area (Å²) in [4.78, 5) is 3.82. The number of hydrogen-bond donors (Lipinski definition) is 1. The third kappa shape index (κ3) is 3.43. The molecule has 0 unspecified atom stereocenters. The number of halogens is 1. The Kier molecular flexibility index (Phi) is 4.56. The van der Waals surface area contributed by atoms with Crippen LogP contribution in [0.2, 0.25) is 0 Å². The third-order valence-electron chi connectivity index (χ3n) is 3.10. The first kappa shape index (κ1) is 16.8. The molecule has 0 aliphatic carbocycles. The molecular formula is C14H15FN4O3S. The first-order chi connectivity index (χ1) is 10.8. The summed E-state index contributed by atoms with van der Waals surface area (Å²) in [6, 6.07) is 3.83. The molecule has 23 heavy (non-hydrogen) atoms. The normalized spacial score (nSPS) is 11.3. The van der Waals surface area contributed by atoms with Crippen molar-refractivity contribution in [2.75, 3.05) is 11.8 Å². The van der Waals surface area contributed by atoms with Gasteiger partial charge >= 0.3 is 0 Å². The lowest BCUT2D eigenvalue weighted by molar-refractivity contribution is 0.412. The van der Waals surface area contributed by atoms with E-state index < -0.39 is 15.8 Å². The standard InChI is InChI=1S/C14H15FN4O3S/c1-9(2)19-7-14(17-8-19)23(20,21)18-12-5-13(22-3)10(6-16)4-11(12)15/h4-5,7-9,18H,1-3H3. The number of methoxy groups -OCH3 is 1. The van der Waals surface area contributed by atoms with Crippen LogP contribution in [0.25, 0.3) is 0 Å². The maximum atomic E-state index is 14.0. The van der Waals surface area contributed by atoms with Crippen LogP contribution in [0.15, 0.2) is 29.7 Å². The highest BCUT2D eigenvalue weighted by atomic mass is 32.2. The second-order valence-electron chi connectivity index (χ2n) is 5.00. The van der Waals surface area contributed by atoms with Crippen molar-refractivity contribution in [2.24, 2.45) is 0 Å². The van der Waals surface area contributed by atoms with E-state index >= 15 is 0 Å². The van der Waals surface area contributed by atoms with Crippen molar-refractivity contribution in [3.63, 3.8) is 0 Å². The Labute approximate surface area is 133 Å². The van der Waals surface area contributed by atoms with E-state index in [1.807, 2.05) is 13.8 Å². The van der Waals surface area contributed by atoms with Crippen LogP contribution >= 0.6 is 0 Å². The summed E-state index contributed by atoms with van der Waals surface area (Å²) < 4.78 is 47.2. The average Bonchev–Trinajstić information content (AvgIpc) is 2.99. The molecule has 1 aromatic heterocycles. The third-order valence-corrected chi connectivity index (χ3v) is 4.35. The maximum absolute atomic E-state index is 14.0. The molecule has 0 atom stereocenters. The predicted octanol–water partition coefficient (Wildman–Crippen LogP) is 2.28. The van der Waals surface area contributed by atoms with Gasteiger partial charge < -0.3 is 9.30 Å². The van der Waals surface area contributed by atoms with Gasteiger partial charge in [-0.3, -0.25) is 4.72 Å². The second kappa shape index (κ2) is 6.26. The van der Waals surface area contributed by atoms with Gasteiger partial charge in [0.1, 0.15) is 17.6 Å². The van der Waals surface area contributed by atoms with Crippen molar-refractivity contribution in [3.05, 3.63) is 36.0 Å². The van der Waals surface area contributed by atoms with Crippen LogP contribution in [0, 0.1) is 17.1 Å². The Morgan fingerprint density at radius 1 is 1.43 bits per heavy atom. The SMILES string of the molecule is COc1cc(NS(=O)(=O)c2cn(C(C)C)cn2)c(F)cc1C#N. The molecule has 7 nitrogen and oxygen atoms in total. The van der Waals surface area contributed by atoms with Gasteiger partial charge in [-0.2, -0.15) is 13.7 Å². The van der Waals surface area contributed by atoms with Gasteiger partial charge in [0.05, 0.1) is 24.7 Å². The maximum Gasteiger partial charge on any atom is 0.281 e. The molecule has 1 aromatic carbocycles. The molecule has 0 saturated carbocycles. The zero-order valence-electron chi connectivity index (χ0n) is 12.7. The van der Waals surface area contributed by atoms with Gasteiger partial charge in [-0.05, 0) is 19.9 Å². The average molecular weight is 338 g/mol. The number of anilines is 1. The highest BCUT2D eigenvalue weighted by Crippen LogP contribution is 2.27. The number of aromatic nitrogens is 2. The number of ether oxygens (including phenoxy) is 1. The Morgan fingerprint density at radius 3 is 2.65 bits per heavy atom. The smallest absolute Gasteiger partial charge is 0.281 e. The molecule has 0 amide bonds. The quantitative estimate of drug-likeness (QED) is 0.902. The minimum absolute atomic E-state index is 0.0305. The Bertz CT molecular complexity index is 869. The minimum atomic E-state index is -4.05. The summed E-state index contributed by atoms with van der Waals surface area (Å²) in [6.07, 6.45) is 2.74. The van der Waals surface area contributed by atoms with E-state index in [-0.39, 0.29) is 28.1 Å². The molecule has 0 bridgehead atoms. The van der Waals surface area contributed by atoms with Crippen molar-refractivity contribution in [1.82, 2.24) is 9.55 Å². The highest BCUT2D eigenvalue weighted by Gasteiger charge is 2.21. The summed E-state index contributed by atoms with van der Waals surface area (Å²) >= 11 is 0. The number of nitriles is 1. The molecule has 0 fully saturated rings. The van der Waals surface area contributed by atoms with Crippen LogP contribution in [0.5, 0.6) is 5.75 Å². The zero-order chi connectivity index (χ0) is 17.2. The summed E-state index contributed by atoms with van der Waals surface area (Å²) in [5.41, 5.74) is -0.350. The van der Waals surface area contributed by atoms with Gasteiger partial charge in [-0.25, -0.2) is 9.37 Å². The van der Waals surface area contributed by atoms with Crippen LogP contribution in [0.3, 0.4) is 0 Å². The molecule has 0 saturated heterocycles. The van der Waals surface area contributed by atoms with Gasteiger partial charge in [0.15, 0.2) is 5.03 Å². The van der Waals surface area contributed by atoms with Crippen LogP contribution in [-0.4, -0.2) is 25.1 Å². The molecule has 9 heteroatoms. The van der Waals surface area contributed by atoms with Gasteiger partial charge in [0, 0.05) is 18.3 Å². The van der Waals surface area contributed by atoms with Crippen molar-refractivity contribution in [1.29, 1.82) is 5.26 Å². The van der Waals surface area contributed by atoms with Gasteiger partial charge in [-0.15, -0.1) is 0 Å². The number of nitrogens with zero attached hydrogens (tertiary/aromatic N) is 3. The molecular weight excluding hydrogens is 323 g/mol. The lowest BCUT2D eigenvalue weighted by atomic mass is 10.2. The van der Waals surface area contributed by atoms with Crippen LogP contribution in [-0.2, 0) is 10.0 Å². The lowest BCUT2D eigenvalue weighted by Gasteiger charge is -2.10. The second-order valence-corrected chi connectivity index (χ2v) is 6.63. The van der Waals surface area contributed by atoms with E-state index in [0.717, 1.165) is 12.1 Å². The number of sulfonamides is 1. The largest absolute Gasteiger partial charge is 0.495 e. The molecule has 1 heterocycles. The fourth-order valence-corrected chi connectivity index (χ4v) is 2.82. The fourth-order valence-electron chi connectivity index (χ4n) is 1.82. The number of imidazole rings is 1. The Hall–Kier alpha value is -2.60. The van der Waals surface area contributed by atoms with Crippen molar-refractivity contribution in [3.8, 4) is 11.8 Å². The first-order valence-corrected chi connectivity index (χ1v) is 8.10. The highest BCUT2D eigenvalue weighted by molar-refractivity contribution is 7.92. The Morgan fingerprint density at radius 2 is 2.13 bits per heavy atom. The fraction of sp³-hybridized carbons (Fsp3) is 0.286. The summed E-state index contributed by atoms with van der Waals surface area (Å²) in [5.74, 6) is -0.812. The number of nitrogens with one attached hydrogen (secondary N) is 1. The monoisotopic (exact) mass is 338 g/mol. The molecule has 1 N–H and O–H groups in total. The molecule has 0 aliphatic heterocycles. The summed E-state index contributed by atoms with van der Waals surface area (Å²) in [6.45, 7) is 3.74. The van der Waals surface area contributed by atoms with E-state index in [2.05, 4.69) is 9.71 Å². The van der Waals surface area contributed by atoms with Crippen LogP contribution in [0.4, 0.5) is 10.1 Å². The van der Waals surface area contributed by atoms with E-state index in [9.17, 15) is 12.8 Å². The minimum Gasteiger partial charge on any atom is -0.495 e.